The van der Waals surface area contributed by atoms with Gasteiger partial charge in [0.15, 0.2) is 0 Å². The molecule has 0 aliphatic heterocycles. The van der Waals surface area contributed by atoms with Gasteiger partial charge in [0.05, 0.1) is 18.4 Å². The highest BCUT2D eigenvalue weighted by Gasteiger charge is 2.01. The molecular weight excluding hydrogens is 186 g/mol. The predicted molar refractivity (Wildman–Crippen MR) is 61.5 cm³/mol. The van der Waals surface area contributed by atoms with Crippen molar-refractivity contribution in [1.82, 2.24) is 15.3 Å². The van der Waals surface area contributed by atoms with E-state index in [4.69, 9.17) is 0 Å². The van der Waals surface area contributed by atoms with Crippen molar-refractivity contribution in [2.24, 2.45) is 0 Å². The minimum Gasteiger partial charge on any atom is -0.341 e. The lowest BCUT2D eigenvalue weighted by Crippen LogP contribution is -2.06. The lowest BCUT2D eigenvalue weighted by molar-refractivity contribution is 0.772. The number of aromatic nitrogens is 2. The molecule has 2 aromatic rings. The molecule has 0 aliphatic carbocycles. The normalized spacial score (nSPS) is 10.5. The van der Waals surface area contributed by atoms with E-state index in [1.165, 1.54) is 11.1 Å². The summed E-state index contributed by atoms with van der Waals surface area (Å²) in [5.74, 6) is 0.966. The minimum atomic E-state index is 0.770. The Morgan fingerprint density at radius 3 is 2.67 bits per heavy atom. The van der Waals surface area contributed by atoms with Crippen LogP contribution in [0.3, 0.4) is 0 Å². The van der Waals surface area contributed by atoms with Crippen LogP contribution in [-0.2, 0) is 6.54 Å². The number of aryl methyl sites for hydroxylation is 1. The van der Waals surface area contributed by atoms with E-state index in [1.807, 2.05) is 13.2 Å². The fourth-order valence-corrected chi connectivity index (χ4v) is 1.50. The van der Waals surface area contributed by atoms with Gasteiger partial charge < -0.3 is 10.3 Å². The van der Waals surface area contributed by atoms with Gasteiger partial charge in [-0.3, -0.25) is 0 Å². The lowest BCUT2D eigenvalue weighted by atomic mass is 10.1. The summed E-state index contributed by atoms with van der Waals surface area (Å²) in [4.78, 5) is 7.56. The molecular formula is C12H15N3. The Labute approximate surface area is 89.6 Å². The standard InChI is InChI=1S/C12H15N3/c1-9-3-5-10(6-4-9)11-7-14-12(15-11)8-13-2/h3-7,13H,8H2,1-2H3,(H,14,15). The maximum absolute atomic E-state index is 4.29. The van der Waals surface area contributed by atoms with Crippen LogP contribution in [-0.4, -0.2) is 17.0 Å². The molecule has 1 heterocycles. The fraction of sp³-hybridized carbons (Fsp3) is 0.250. The summed E-state index contributed by atoms with van der Waals surface area (Å²) in [7, 11) is 1.91. The molecule has 1 aromatic carbocycles. The van der Waals surface area contributed by atoms with Crippen LogP contribution in [0.2, 0.25) is 0 Å². The first-order chi connectivity index (χ1) is 7.29. The summed E-state index contributed by atoms with van der Waals surface area (Å²) in [6.45, 7) is 2.86. The highest BCUT2D eigenvalue weighted by Crippen LogP contribution is 2.17. The van der Waals surface area contributed by atoms with Gasteiger partial charge in [-0.15, -0.1) is 0 Å². The number of rotatable bonds is 3. The molecule has 0 saturated heterocycles. The van der Waals surface area contributed by atoms with E-state index in [1.54, 1.807) is 0 Å². The van der Waals surface area contributed by atoms with Crippen molar-refractivity contribution >= 4 is 0 Å². The molecule has 2 N–H and O–H groups in total. The van der Waals surface area contributed by atoms with E-state index in [9.17, 15) is 0 Å². The van der Waals surface area contributed by atoms with Crippen LogP contribution in [0.4, 0.5) is 0 Å². The summed E-state index contributed by atoms with van der Waals surface area (Å²) in [6, 6.07) is 8.42. The van der Waals surface area contributed by atoms with Gasteiger partial charge in [0, 0.05) is 0 Å². The number of H-pyrrole nitrogens is 1. The topological polar surface area (TPSA) is 40.7 Å². The van der Waals surface area contributed by atoms with Crippen LogP contribution >= 0.6 is 0 Å². The van der Waals surface area contributed by atoms with Gasteiger partial charge in [-0.2, -0.15) is 0 Å². The Hall–Kier alpha value is -1.61. The summed E-state index contributed by atoms with van der Waals surface area (Å²) < 4.78 is 0. The zero-order valence-corrected chi connectivity index (χ0v) is 9.04. The van der Waals surface area contributed by atoms with Gasteiger partial charge in [-0.05, 0) is 19.5 Å². The molecule has 0 amide bonds. The smallest absolute Gasteiger partial charge is 0.120 e. The van der Waals surface area contributed by atoms with Crippen molar-refractivity contribution in [1.29, 1.82) is 0 Å². The second-order valence-electron chi connectivity index (χ2n) is 3.64. The molecule has 0 spiro atoms. The van der Waals surface area contributed by atoms with Crippen LogP contribution in [0.15, 0.2) is 30.5 Å². The van der Waals surface area contributed by atoms with E-state index < -0.39 is 0 Å². The average Bonchev–Trinajstić information content (AvgIpc) is 2.68. The zero-order valence-electron chi connectivity index (χ0n) is 9.04. The number of aromatic amines is 1. The number of hydrogen-bond donors (Lipinski definition) is 2. The Morgan fingerprint density at radius 1 is 1.27 bits per heavy atom. The number of imidazole rings is 1. The molecule has 1 aromatic heterocycles. The molecule has 3 nitrogen and oxygen atoms in total. The van der Waals surface area contributed by atoms with Gasteiger partial charge in [-0.1, -0.05) is 29.8 Å². The maximum atomic E-state index is 4.29. The Bertz CT molecular complexity index is 428. The number of nitrogens with zero attached hydrogens (tertiary/aromatic N) is 1. The highest BCUT2D eigenvalue weighted by molar-refractivity contribution is 5.58. The first-order valence-electron chi connectivity index (χ1n) is 5.05. The van der Waals surface area contributed by atoms with Crippen molar-refractivity contribution in [3.8, 4) is 11.3 Å². The van der Waals surface area contributed by atoms with Gasteiger partial charge in [0.25, 0.3) is 0 Å². The van der Waals surface area contributed by atoms with E-state index >= 15 is 0 Å². The van der Waals surface area contributed by atoms with Crippen LogP contribution in [0.5, 0.6) is 0 Å². The van der Waals surface area contributed by atoms with Crippen LogP contribution in [0, 0.1) is 6.92 Å². The number of nitrogens with one attached hydrogen (secondary N) is 2. The van der Waals surface area contributed by atoms with Crippen LogP contribution in [0.25, 0.3) is 11.3 Å². The van der Waals surface area contributed by atoms with Crippen LogP contribution in [0.1, 0.15) is 11.4 Å². The molecule has 0 unspecified atom stereocenters. The van der Waals surface area contributed by atoms with Crippen molar-refractivity contribution < 1.29 is 0 Å². The minimum absolute atomic E-state index is 0.770. The summed E-state index contributed by atoms with van der Waals surface area (Å²) in [5.41, 5.74) is 3.52. The lowest BCUT2D eigenvalue weighted by Gasteiger charge is -1.98. The Kier molecular flexibility index (Phi) is 2.83. The molecule has 15 heavy (non-hydrogen) atoms. The van der Waals surface area contributed by atoms with Crippen molar-refractivity contribution in [2.75, 3.05) is 7.05 Å². The van der Waals surface area contributed by atoms with E-state index in [-0.39, 0.29) is 0 Å². The average molecular weight is 201 g/mol. The zero-order chi connectivity index (χ0) is 10.7. The van der Waals surface area contributed by atoms with E-state index in [0.29, 0.717) is 0 Å². The van der Waals surface area contributed by atoms with Crippen LogP contribution < -0.4 is 5.32 Å². The Morgan fingerprint density at radius 2 is 2.00 bits per heavy atom. The van der Waals surface area contributed by atoms with Crippen molar-refractivity contribution in [3.63, 3.8) is 0 Å². The molecule has 78 valence electrons. The second-order valence-corrected chi connectivity index (χ2v) is 3.64. The molecule has 2 rings (SSSR count). The third-order valence-electron chi connectivity index (χ3n) is 2.34. The second kappa shape index (κ2) is 4.28. The Balaban J connectivity index is 2.25. The third kappa shape index (κ3) is 2.25. The fourth-order valence-electron chi connectivity index (χ4n) is 1.50. The highest BCUT2D eigenvalue weighted by atomic mass is 15.0. The van der Waals surface area contributed by atoms with Gasteiger partial charge in [-0.25, -0.2) is 4.98 Å². The SMILES string of the molecule is CNCc1ncc(-c2ccc(C)cc2)[nH]1. The summed E-state index contributed by atoms with van der Waals surface area (Å²) >= 11 is 0. The molecule has 0 bridgehead atoms. The first kappa shape index (κ1) is 9.93. The number of benzene rings is 1. The molecule has 0 atom stereocenters. The first-order valence-corrected chi connectivity index (χ1v) is 5.05. The van der Waals surface area contributed by atoms with Gasteiger partial charge >= 0.3 is 0 Å². The monoisotopic (exact) mass is 201 g/mol. The number of hydrogen-bond acceptors (Lipinski definition) is 2. The maximum Gasteiger partial charge on any atom is 0.120 e. The van der Waals surface area contributed by atoms with E-state index in [0.717, 1.165) is 18.1 Å². The molecule has 3 heteroatoms. The molecule has 0 radical (unpaired) electrons. The largest absolute Gasteiger partial charge is 0.341 e. The van der Waals surface area contributed by atoms with Crippen molar-refractivity contribution in [2.45, 2.75) is 13.5 Å². The van der Waals surface area contributed by atoms with Gasteiger partial charge in [0.2, 0.25) is 0 Å². The summed E-state index contributed by atoms with van der Waals surface area (Å²) in [6.07, 6.45) is 1.87. The summed E-state index contributed by atoms with van der Waals surface area (Å²) in [5, 5.41) is 3.06. The van der Waals surface area contributed by atoms with E-state index in [2.05, 4.69) is 46.5 Å². The molecule has 0 saturated carbocycles. The van der Waals surface area contributed by atoms with Crippen molar-refractivity contribution in [3.05, 3.63) is 41.9 Å². The predicted octanol–water partition coefficient (Wildman–Crippen LogP) is 2.10. The molecule has 0 aliphatic rings. The molecule has 0 fully saturated rings. The third-order valence-corrected chi connectivity index (χ3v) is 2.34. The quantitative estimate of drug-likeness (QED) is 0.798. The van der Waals surface area contributed by atoms with Gasteiger partial charge in [0.1, 0.15) is 5.82 Å².